The molecule has 17 nitrogen and oxygen atoms in total. The van der Waals surface area contributed by atoms with Crippen molar-refractivity contribution in [3.05, 3.63) is 0 Å². The van der Waals surface area contributed by atoms with Crippen LogP contribution in [0.1, 0.15) is 382 Å². The first kappa shape index (κ1) is 92.1. The van der Waals surface area contributed by atoms with Gasteiger partial charge in [-0.15, -0.1) is 0 Å². The average molecular weight is 1380 g/mol. The van der Waals surface area contributed by atoms with E-state index in [4.69, 9.17) is 37.0 Å². The summed E-state index contributed by atoms with van der Waals surface area (Å²) in [6, 6.07) is 0. The van der Waals surface area contributed by atoms with E-state index in [0.717, 1.165) is 108 Å². The van der Waals surface area contributed by atoms with Crippen LogP contribution in [0.3, 0.4) is 0 Å². The number of esters is 4. The highest BCUT2D eigenvalue weighted by Gasteiger charge is 2.30. The minimum atomic E-state index is -4.96. The molecule has 558 valence electrons. The van der Waals surface area contributed by atoms with Crippen molar-refractivity contribution < 1.29 is 80.2 Å². The SMILES string of the molecule is CCCCCCCCCCCCCCCCCCCCC(=O)O[C@H](COC(=O)CCCCCCCCCCCCCCCC(C)C)COP(=O)(O)OC[C@@H](O)COP(=O)(O)OC[C@@H](COC(=O)CCCCCCCCC(C)CC)OC(=O)CCCCCCCCCC(C)C. The lowest BCUT2D eigenvalue weighted by Crippen LogP contribution is -2.30. The molecule has 0 aliphatic carbocycles. The molecule has 0 aliphatic heterocycles. The van der Waals surface area contributed by atoms with Crippen LogP contribution in [0.4, 0.5) is 0 Å². The molecule has 0 heterocycles. The predicted octanol–water partition coefficient (Wildman–Crippen LogP) is 21.8. The molecule has 0 aliphatic rings. The van der Waals surface area contributed by atoms with Gasteiger partial charge in [-0.2, -0.15) is 0 Å². The maximum atomic E-state index is 13.1. The van der Waals surface area contributed by atoms with Crippen LogP contribution in [0.2, 0.25) is 0 Å². The van der Waals surface area contributed by atoms with Gasteiger partial charge in [0.15, 0.2) is 12.2 Å². The number of rotatable bonds is 73. The zero-order valence-electron chi connectivity index (χ0n) is 61.4. The Morgan fingerprint density at radius 2 is 0.543 bits per heavy atom. The average Bonchev–Trinajstić information content (AvgIpc) is 2.90. The quantitative estimate of drug-likeness (QED) is 0.0222. The number of hydrogen-bond donors (Lipinski definition) is 3. The van der Waals surface area contributed by atoms with E-state index in [-0.39, 0.29) is 25.7 Å². The summed E-state index contributed by atoms with van der Waals surface area (Å²) in [6.45, 7) is 11.8. The molecule has 0 saturated heterocycles. The first-order valence-electron chi connectivity index (χ1n) is 38.9. The molecule has 94 heavy (non-hydrogen) atoms. The Morgan fingerprint density at radius 3 is 0.809 bits per heavy atom. The summed E-state index contributed by atoms with van der Waals surface area (Å²) >= 11 is 0. The Balaban J connectivity index is 5.23. The van der Waals surface area contributed by atoms with Crippen molar-refractivity contribution in [2.24, 2.45) is 17.8 Å². The Bertz CT molecular complexity index is 1840. The van der Waals surface area contributed by atoms with E-state index in [1.54, 1.807) is 0 Å². The van der Waals surface area contributed by atoms with Gasteiger partial charge in [-0.3, -0.25) is 37.3 Å². The number of unbranched alkanes of at least 4 members (excludes halogenated alkanes) is 40. The number of phosphoric ester groups is 2. The van der Waals surface area contributed by atoms with Gasteiger partial charge in [0.1, 0.15) is 19.3 Å². The Hall–Kier alpha value is -1.94. The standard InChI is InChI=1S/C75H146O17P2/c1-8-10-11-12-13-14-15-16-17-18-19-20-23-27-30-35-44-51-58-74(79)91-70(62-85-72(77)56-49-42-34-29-26-24-21-22-25-28-32-39-46-53-66(3)4)64-89-93(81,82)87-60-69(76)61-88-94(83,84)90-65-71(92-75(80)59-52-45-36-31-33-40-47-54-67(5)6)63-86-73(78)57-50-43-38-37-41-48-55-68(7)9-2/h66-71,76H,8-65H2,1-7H3,(H,81,82)(H,83,84)/t68?,69-,70-,71-/m1/s1. The van der Waals surface area contributed by atoms with E-state index < -0.39 is 97.5 Å². The van der Waals surface area contributed by atoms with Gasteiger partial charge in [0, 0.05) is 25.7 Å². The van der Waals surface area contributed by atoms with Gasteiger partial charge in [0.25, 0.3) is 0 Å². The fraction of sp³-hybridized carbons (Fsp3) is 0.947. The molecular formula is C75H146O17P2. The van der Waals surface area contributed by atoms with Crippen LogP contribution in [-0.2, 0) is 65.4 Å². The highest BCUT2D eigenvalue weighted by molar-refractivity contribution is 7.47. The molecule has 0 bridgehead atoms. The molecule has 0 amide bonds. The van der Waals surface area contributed by atoms with Crippen molar-refractivity contribution in [1.82, 2.24) is 0 Å². The number of hydrogen-bond acceptors (Lipinski definition) is 15. The summed E-state index contributed by atoms with van der Waals surface area (Å²) < 4.78 is 68.4. The van der Waals surface area contributed by atoms with Crippen LogP contribution < -0.4 is 0 Å². The fourth-order valence-corrected chi connectivity index (χ4v) is 13.0. The van der Waals surface area contributed by atoms with Gasteiger partial charge in [-0.05, 0) is 43.4 Å². The lowest BCUT2D eigenvalue weighted by Gasteiger charge is -2.21. The molecule has 6 atom stereocenters. The lowest BCUT2D eigenvalue weighted by molar-refractivity contribution is -0.161. The molecule has 3 N–H and O–H groups in total. The number of aliphatic hydroxyl groups excluding tert-OH is 1. The van der Waals surface area contributed by atoms with E-state index >= 15 is 0 Å². The number of ether oxygens (including phenoxy) is 4. The third-order valence-electron chi connectivity index (χ3n) is 17.7. The summed E-state index contributed by atoms with van der Waals surface area (Å²) in [6.07, 6.45) is 51.5. The molecule has 0 spiro atoms. The van der Waals surface area contributed by atoms with E-state index in [2.05, 4.69) is 48.5 Å². The summed E-state index contributed by atoms with van der Waals surface area (Å²) in [7, 11) is -9.91. The molecular weight excluding hydrogens is 1230 g/mol. The van der Waals surface area contributed by atoms with E-state index in [1.807, 2.05) is 0 Å². The molecule has 0 aromatic carbocycles. The van der Waals surface area contributed by atoms with Crippen molar-refractivity contribution in [1.29, 1.82) is 0 Å². The normalized spacial score (nSPS) is 14.4. The van der Waals surface area contributed by atoms with Gasteiger partial charge in [-0.1, -0.05) is 331 Å². The second-order valence-electron chi connectivity index (χ2n) is 28.2. The van der Waals surface area contributed by atoms with Gasteiger partial charge < -0.3 is 33.8 Å². The van der Waals surface area contributed by atoms with E-state index in [0.29, 0.717) is 31.6 Å². The molecule has 0 rings (SSSR count). The Labute approximate surface area is 575 Å². The summed E-state index contributed by atoms with van der Waals surface area (Å²) in [5.74, 6) is 0.0951. The maximum absolute atomic E-state index is 13.1. The van der Waals surface area contributed by atoms with Crippen LogP contribution in [0.15, 0.2) is 0 Å². The van der Waals surface area contributed by atoms with E-state index in [9.17, 15) is 43.2 Å². The molecule has 0 aromatic heterocycles. The van der Waals surface area contributed by atoms with Crippen LogP contribution in [-0.4, -0.2) is 96.7 Å². The van der Waals surface area contributed by atoms with Crippen molar-refractivity contribution in [2.75, 3.05) is 39.6 Å². The van der Waals surface area contributed by atoms with Gasteiger partial charge >= 0.3 is 39.5 Å². The zero-order valence-corrected chi connectivity index (χ0v) is 63.2. The van der Waals surface area contributed by atoms with Gasteiger partial charge in [0.05, 0.1) is 26.4 Å². The lowest BCUT2D eigenvalue weighted by atomic mass is 10.00. The van der Waals surface area contributed by atoms with Crippen molar-refractivity contribution in [2.45, 2.75) is 401 Å². The number of carbonyl (C=O) groups is 4. The van der Waals surface area contributed by atoms with E-state index in [1.165, 1.54) is 186 Å². The third kappa shape index (κ3) is 67.3. The first-order chi connectivity index (χ1) is 45.3. The summed E-state index contributed by atoms with van der Waals surface area (Å²) in [5.41, 5.74) is 0. The minimum Gasteiger partial charge on any atom is -0.462 e. The van der Waals surface area contributed by atoms with Gasteiger partial charge in [0.2, 0.25) is 0 Å². The van der Waals surface area contributed by atoms with Gasteiger partial charge in [-0.25, -0.2) is 9.13 Å². The molecule has 0 aromatic rings. The first-order valence-corrected chi connectivity index (χ1v) is 41.9. The minimum absolute atomic E-state index is 0.103. The molecule has 3 unspecified atom stereocenters. The Morgan fingerprint density at radius 1 is 0.309 bits per heavy atom. The van der Waals surface area contributed by atoms with Crippen LogP contribution in [0.25, 0.3) is 0 Å². The fourth-order valence-electron chi connectivity index (χ4n) is 11.4. The number of phosphoric acid groups is 2. The second kappa shape index (κ2) is 65.7. The van der Waals surface area contributed by atoms with Crippen molar-refractivity contribution in [3.63, 3.8) is 0 Å². The predicted molar refractivity (Wildman–Crippen MR) is 381 cm³/mol. The van der Waals surface area contributed by atoms with Crippen LogP contribution in [0, 0.1) is 17.8 Å². The topological polar surface area (TPSA) is 237 Å². The summed E-state index contributed by atoms with van der Waals surface area (Å²) in [4.78, 5) is 72.7. The summed E-state index contributed by atoms with van der Waals surface area (Å²) in [5, 5.41) is 10.6. The molecule has 19 heteroatoms. The van der Waals surface area contributed by atoms with Crippen molar-refractivity contribution >= 4 is 39.5 Å². The highest BCUT2D eigenvalue weighted by atomic mass is 31.2. The largest absolute Gasteiger partial charge is 0.472 e. The smallest absolute Gasteiger partial charge is 0.462 e. The zero-order chi connectivity index (χ0) is 69.4. The molecule has 0 fully saturated rings. The highest BCUT2D eigenvalue weighted by Crippen LogP contribution is 2.45. The van der Waals surface area contributed by atoms with Crippen LogP contribution in [0.5, 0.6) is 0 Å². The molecule has 0 radical (unpaired) electrons. The number of aliphatic hydroxyl groups is 1. The second-order valence-corrected chi connectivity index (χ2v) is 31.1. The third-order valence-corrected chi connectivity index (χ3v) is 19.6. The number of carbonyl (C=O) groups excluding carboxylic acids is 4. The molecule has 0 saturated carbocycles. The maximum Gasteiger partial charge on any atom is 0.472 e. The van der Waals surface area contributed by atoms with Crippen LogP contribution >= 0.6 is 15.6 Å². The Kier molecular flexibility index (Phi) is 64.3. The van der Waals surface area contributed by atoms with Crippen molar-refractivity contribution in [3.8, 4) is 0 Å². The monoisotopic (exact) mass is 1380 g/mol.